The van der Waals surface area contributed by atoms with E-state index in [1.165, 1.54) is 0 Å². The zero-order valence-corrected chi connectivity index (χ0v) is 12.4. The maximum atomic E-state index is 11.3. The number of benzene rings is 1. The van der Waals surface area contributed by atoms with Gasteiger partial charge in [0, 0.05) is 17.7 Å². The summed E-state index contributed by atoms with van der Waals surface area (Å²) in [5, 5.41) is 10.7. The molecule has 3 aromatic rings. The molecule has 0 atom stereocenters. The van der Waals surface area contributed by atoms with E-state index in [0.717, 1.165) is 16.9 Å². The molecule has 0 fully saturated rings. The average molecular weight is 304 g/mol. The lowest BCUT2D eigenvalue weighted by Gasteiger charge is -2.03. The van der Waals surface area contributed by atoms with Gasteiger partial charge in [-0.25, -0.2) is 4.98 Å². The number of fused-ring (bicyclic) bond motifs is 1. The lowest BCUT2D eigenvalue weighted by molar-refractivity contribution is -0.115. The fourth-order valence-electron chi connectivity index (χ4n) is 1.98. The third-order valence-corrected chi connectivity index (χ3v) is 3.61. The largest absolute Gasteiger partial charge is 0.326 e. The molecular weight excluding hydrogens is 290 g/mol. The second kappa shape index (κ2) is 5.21. The fourth-order valence-corrected chi connectivity index (χ4v) is 2.15. The number of hydrogen-bond donors (Lipinski definition) is 2. The first kappa shape index (κ1) is 13.6. The molecular formula is C14H14ClN5O. The second-order valence-corrected chi connectivity index (χ2v) is 5.08. The van der Waals surface area contributed by atoms with Crippen molar-refractivity contribution in [3.63, 3.8) is 0 Å². The number of nitrogens with zero attached hydrogens (tertiary/aromatic N) is 3. The van der Waals surface area contributed by atoms with Crippen LogP contribution in [0.4, 0.5) is 5.69 Å². The maximum Gasteiger partial charge on any atom is 0.224 e. The number of nitrogens with one attached hydrogen (secondary N) is 2. The number of halogens is 1. The number of aromatic nitrogens is 4. The number of anilines is 1. The van der Waals surface area contributed by atoms with Gasteiger partial charge in [-0.2, -0.15) is 4.63 Å². The van der Waals surface area contributed by atoms with Crippen LogP contribution in [0.15, 0.2) is 24.3 Å². The van der Waals surface area contributed by atoms with Gasteiger partial charge in [-0.1, -0.05) is 18.5 Å². The van der Waals surface area contributed by atoms with E-state index in [-0.39, 0.29) is 5.91 Å². The van der Waals surface area contributed by atoms with Crippen LogP contribution in [0.2, 0.25) is 5.02 Å². The topological polar surface area (TPSA) is 75.1 Å². The van der Waals surface area contributed by atoms with Crippen LogP contribution in [0, 0.1) is 6.92 Å². The monoisotopic (exact) mass is 303 g/mol. The van der Waals surface area contributed by atoms with Crippen LogP contribution in [-0.4, -0.2) is 25.7 Å². The van der Waals surface area contributed by atoms with Crippen molar-refractivity contribution in [1.29, 1.82) is 0 Å². The summed E-state index contributed by atoms with van der Waals surface area (Å²) in [5.74, 6) is 0.565. The molecule has 2 N–H and O–H groups in total. The summed E-state index contributed by atoms with van der Waals surface area (Å²) in [6.45, 7) is 3.68. The highest BCUT2D eigenvalue weighted by atomic mass is 35.5. The average Bonchev–Trinajstić information content (AvgIpc) is 3.00. The van der Waals surface area contributed by atoms with Crippen LogP contribution in [0.3, 0.4) is 0 Å². The van der Waals surface area contributed by atoms with Crippen LogP contribution in [-0.2, 0) is 4.79 Å². The number of aromatic amines is 1. The summed E-state index contributed by atoms with van der Waals surface area (Å²) < 4.78 is 1.56. The van der Waals surface area contributed by atoms with E-state index in [4.69, 9.17) is 11.6 Å². The summed E-state index contributed by atoms with van der Waals surface area (Å²) in [5.41, 5.74) is 3.04. The molecule has 6 nitrogen and oxygen atoms in total. The van der Waals surface area contributed by atoms with Crippen molar-refractivity contribution in [3.05, 3.63) is 35.0 Å². The van der Waals surface area contributed by atoms with Crippen LogP contribution in [0.1, 0.15) is 19.0 Å². The Bertz CT molecular complexity index is 803. The van der Waals surface area contributed by atoms with Crippen LogP contribution < -0.4 is 5.32 Å². The van der Waals surface area contributed by atoms with E-state index in [0.29, 0.717) is 22.9 Å². The van der Waals surface area contributed by atoms with Crippen molar-refractivity contribution >= 4 is 28.8 Å². The van der Waals surface area contributed by atoms with Gasteiger partial charge in [0.15, 0.2) is 11.5 Å². The van der Waals surface area contributed by atoms with Crippen molar-refractivity contribution in [2.45, 2.75) is 20.3 Å². The first-order valence-electron chi connectivity index (χ1n) is 6.59. The Hall–Kier alpha value is -2.34. The number of hydrogen-bond acceptors (Lipinski definition) is 3. The van der Waals surface area contributed by atoms with E-state index >= 15 is 0 Å². The number of carbonyl (C=O) groups excluding carboxylic acids is 1. The molecule has 108 valence electrons. The van der Waals surface area contributed by atoms with Crippen molar-refractivity contribution in [1.82, 2.24) is 19.8 Å². The summed E-state index contributed by atoms with van der Waals surface area (Å²) >= 11 is 6.14. The summed E-state index contributed by atoms with van der Waals surface area (Å²) in [6.07, 6.45) is 0.451. The van der Waals surface area contributed by atoms with E-state index in [2.05, 4.69) is 20.5 Å². The first-order valence-corrected chi connectivity index (χ1v) is 6.97. The Morgan fingerprint density at radius 1 is 1.38 bits per heavy atom. The molecule has 0 aliphatic heterocycles. The molecule has 0 saturated heterocycles. The molecule has 2 aromatic heterocycles. The van der Waals surface area contributed by atoms with Crippen LogP contribution in [0.25, 0.3) is 17.0 Å². The Balaban J connectivity index is 1.90. The third-order valence-electron chi connectivity index (χ3n) is 3.15. The second-order valence-electron chi connectivity index (χ2n) is 4.70. The van der Waals surface area contributed by atoms with Crippen molar-refractivity contribution in [3.8, 4) is 11.4 Å². The Morgan fingerprint density at radius 3 is 2.71 bits per heavy atom. The van der Waals surface area contributed by atoms with Crippen molar-refractivity contribution in [2.75, 3.05) is 5.32 Å². The molecule has 0 radical (unpaired) electrons. The molecule has 0 spiro atoms. The summed E-state index contributed by atoms with van der Waals surface area (Å²) in [7, 11) is 0. The predicted molar refractivity (Wildman–Crippen MR) is 81.4 cm³/mol. The number of rotatable bonds is 3. The molecule has 2 heterocycles. The molecule has 0 aliphatic carbocycles. The zero-order chi connectivity index (χ0) is 15.0. The van der Waals surface area contributed by atoms with Gasteiger partial charge < -0.3 is 5.32 Å². The maximum absolute atomic E-state index is 11.3. The fraction of sp³-hybridized carbons (Fsp3) is 0.214. The number of aryl methyl sites for hydroxylation is 1. The van der Waals surface area contributed by atoms with E-state index in [1.54, 1.807) is 4.63 Å². The zero-order valence-electron chi connectivity index (χ0n) is 11.6. The van der Waals surface area contributed by atoms with E-state index in [1.807, 2.05) is 38.1 Å². The molecule has 3 rings (SSSR count). The Morgan fingerprint density at radius 2 is 2.10 bits per heavy atom. The quantitative estimate of drug-likeness (QED) is 0.781. The summed E-state index contributed by atoms with van der Waals surface area (Å²) in [4.78, 5) is 15.7. The first-order chi connectivity index (χ1) is 10.1. The predicted octanol–water partition coefficient (Wildman–Crippen LogP) is 3.03. The Labute approximate surface area is 126 Å². The normalized spacial score (nSPS) is 11.0. The lowest BCUT2D eigenvalue weighted by Crippen LogP contribution is -2.09. The molecule has 21 heavy (non-hydrogen) atoms. The minimum atomic E-state index is -0.0153. The molecule has 0 aliphatic rings. The smallest absolute Gasteiger partial charge is 0.224 e. The van der Waals surface area contributed by atoms with Crippen molar-refractivity contribution < 1.29 is 4.79 Å². The Kier molecular flexibility index (Phi) is 3.39. The van der Waals surface area contributed by atoms with Crippen molar-refractivity contribution in [2.24, 2.45) is 0 Å². The minimum absolute atomic E-state index is 0.0153. The number of carbonyl (C=O) groups is 1. The van der Waals surface area contributed by atoms with Gasteiger partial charge in [-0.15, -0.1) is 5.10 Å². The van der Waals surface area contributed by atoms with Gasteiger partial charge in [0.1, 0.15) is 5.02 Å². The number of H-pyrrole nitrogens is 1. The SMILES string of the molecule is CCC(=O)Nc1ccc(-c2nc3c(Cl)c(C)[nH]n3n2)cc1. The van der Waals surface area contributed by atoms with Gasteiger partial charge in [-0.3, -0.25) is 9.89 Å². The van der Waals surface area contributed by atoms with Gasteiger partial charge in [0.25, 0.3) is 0 Å². The molecule has 1 amide bonds. The molecule has 0 saturated carbocycles. The van der Waals surface area contributed by atoms with Gasteiger partial charge in [0.2, 0.25) is 5.91 Å². The number of amides is 1. The molecule has 7 heteroatoms. The van der Waals surface area contributed by atoms with Gasteiger partial charge >= 0.3 is 0 Å². The highest BCUT2D eigenvalue weighted by Gasteiger charge is 2.13. The summed E-state index contributed by atoms with van der Waals surface area (Å²) in [6, 6.07) is 7.37. The molecule has 0 bridgehead atoms. The van der Waals surface area contributed by atoms with Gasteiger partial charge in [-0.05, 0) is 31.2 Å². The minimum Gasteiger partial charge on any atom is -0.326 e. The van der Waals surface area contributed by atoms with E-state index < -0.39 is 0 Å². The molecule has 1 aromatic carbocycles. The highest BCUT2D eigenvalue weighted by Crippen LogP contribution is 2.24. The third kappa shape index (κ3) is 2.50. The van der Waals surface area contributed by atoms with E-state index in [9.17, 15) is 4.79 Å². The molecule has 0 unspecified atom stereocenters. The van der Waals surface area contributed by atoms with Crippen LogP contribution >= 0.6 is 11.6 Å². The lowest BCUT2D eigenvalue weighted by atomic mass is 10.2. The van der Waals surface area contributed by atoms with Crippen LogP contribution in [0.5, 0.6) is 0 Å². The highest BCUT2D eigenvalue weighted by molar-refractivity contribution is 6.34. The van der Waals surface area contributed by atoms with Gasteiger partial charge in [0.05, 0.1) is 5.69 Å². The standard InChI is InChI=1S/C14H14ClN5O/c1-3-11(21)16-10-6-4-9(5-7-10)13-17-14-12(15)8(2)18-20(14)19-13/h4-7,18H,3H2,1-2H3,(H,16,21).